The van der Waals surface area contributed by atoms with Gasteiger partial charge in [0.15, 0.2) is 0 Å². The highest BCUT2D eigenvalue weighted by atomic mass is 16.2. The number of nitrogens with zero attached hydrogens (tertiary/aromatic N) is 1. The molecule has 1 fully saturated rings. The Morgan fingerprint density at radius 3 is 2.72 bits per heavy atom. The van der Waals surface area contributed by atoms with Crippen LogP contribution in [0, 0.1) is 5.92 Å². The van der Waals surface area contributed by atoms with E-state index >= 15 is 0 Å². The molecule has 5 heteroatoms. The van der Waals surface area contributed by atoms with E-state index in [4.69, 9.17) is 0 Å². The van der Waals surface area contributed by atoms with Gasteiger partial charge in [-0.3, -0.25) is 9.59 Å². The van der Waals surface area contributed by atoms with Gasteiger partial charge >= 0.3 is 0 Å². The number of carbonyl (C=O) groups is 2. The summed E-state index contributed by atoms with van der Waals surface area (Å²) in [6.45, 7) is 1.80. The molecule has 29 heavy (non-hydrogen) atoms. The molecule has 0 unspecified atom stereocenters. The maximum atomic E-state index is 12.8. The fourth-order valence-corrected chi connectivity index (χ4v) is 4.09. The third-order valence-corrected chi connectivity index (χ3v) is 5.74. The van der Waals surface area contributed by atoms with Gasteiger partial charge in [-0.25, -0.2) is 0 Å². The number of carbonyl (C=O) groups excluding carboxylic acids is 2. The van der Waals surface area contributed by atoms with Crippen molar-refractivity contribution in [1.82, 2.24) is 15.2 Å². The number of H-pyrrole nitrogens is 1. The molecule has 0 aliphatic carbocycles. The largest absolute Gasteiger partial charge is 0.361 e. The predicted molar refractivity (Wildman–Crippen MR) is 114 cm³/mol. The van der Waals surface area contributed by atoms with Crippen LogP contribution in [0.25, 0.3) is 10.9 Å². The molecule has 2 amide bonds. The second-order valence-corrected chi connectivity index (χ2v) is 7.74. The van der Waals surface area contributed by atoms with Gasteiger partial charge in [-0.05, 0) is 36.5 Å². The first-order valence-corrected chi connectivity index (χ1v) is 10.3. The lowest BCUT2D eigenvalue weighted by molar-refractivity contribution is -0.135. The minimum absolute atomic E-state index is 0.0444. The lowest BCUT2D eigenvalue weighted by atomic mass is 9.96. The van der Waals surface area contributed by atoms with Gasteiger partial charge in [-0.15, -0.1) is 0 Å². The van der Waals surface area contributed by atoms with E-state index in [1.54, 1.807) is 0 Å². The molecule has 0 radical (unpaired) electrons. The fourth-order valence-electron chi connectivity index (χ4n) is 4.09. The molecule has 1 atom stereocenters. The summed E-state index contributed by atoms with van der Waals surface area (Å²) in [5.41, 5.74) is 3.36. The van der Waals surface area contributed by atoms with Crippen LogP contribution in [-0.4, -0.2) is 34.8 Å². The molecule has 150 valence electrons. The van der Waals surface area contributed by atoms with Crippen LogP contribution in [0.4, 0.5) is 0 Å². The van der Waals surface area contributed by atoms with E-state index in [-0.39, 0.29) is 17.7 Å². The van der Waals surface area contributed by atoms with E-state index in [1.807, 2.05) is 59.6 Å². The molecule has 3 aromatic rings. The number of nitrogens with one attached hydrogen (secondary N) is 2. The van der Waals surface area contributed by atoms with Crippen molar-refractivity contribution in [2.24, 2.45) is 5.92 Å². The van der Waals surface area contributed by atoms with Gasteiger partial charge in [-0.1, -0.05) is 48.5 Å². The lowest BCUT2D eigenvalue weighted by Crippen LogP contribution is -2.45. The fraction of sp³-hybridized carbons (Fsp3) is 0.333. The quantitative estimate of drug-likeness (QED) is 0.676. The van der Waals surface area contributed by atoms with Crippen molar-refractivity contribution >= 4 is 22.7 Å². The molecule has 1 saturated heterocycles. The Morgan fingerprint density at radius 2 is 1.86 bits per heavy atom. The highest BCUT2D eigenvalue weighted by Crippen LogP contribution is 2.21. The molecule has 5 nitrogen and oxygen atoms in total. The van der Waals surface area contributed by atoms with E-state index in [9.17, 15) is 9.59 Å². The number of aromatic amines is 1. The second-order valence-electron chi connectivity index (χ2n) is 7.74. The summed E-state index contributed by atoms with van der Waals surface area (Å²) in [5, 5.41) is 4.20. The highest BCUT2D eigenvalue weighted by molar-refractivity contribution is 5.84. The van der Waals surface area contributed by atoms with Gasteiger partial charge in [0.1, 0.15) is 0 Å². The normalized spacial score (nSPS) is 16.7. The zero-order valence-electron chi connectivity index (χ0n) is 16.6. The molecule has 4 rings (SSSR count). The minimum atomic E-state index is -0.121. The number of piperidine rings is 1. The summed E-state index contributed by atoms with van der Waals surface area (Å²) in [4.78, 5) is 30.5. The number of aryl methyl sites for hydroxylation is 1. The summed E-state index contributed by atoms with van der Waals surface area (Å²) < 4.78 is 0. The minimum Gasteiger partial charge on any atom is -0.361 e. The number of aromatic nitrogens is 1. The Hall–Kier alpha value is -3.08. The van der Waals surface area contributed by atoms with Gasteiger partial charge in [-0.2, -0.15) is 0 Å². The number of fused-ring (bicyclic) bond motifs is 1. The second kappa shape index (κ2) is 8.95. The molecule has 1 aliphatic heterocycles. The van der Waals surface area contributed by atoms with E-state index in [2.05, 4.69) is 16.4 Å². The monoisotopic (exact) mass is 389 g/mol. The number of likely N-dealkylation sites (tertiary alicyclic amines) is 1. The van der Waals surface area contributed by atoms with Gasteiger partial charge in [0.2, 0.25) is 11.8 Å². The van der Waals surface area contributed by atoms with Crippen LogP contribution in [0.2, 0.25) is 0 Å². The van der Waals surface area contributed by atoms with Crippen molar-refractivity contribution in [3.8, 4) is 0 Å². The van der Waals surface area contributed by atoms with Gasteiger partial charge < -0.3 is 15.2 Å². The third-order valence-electron chi connectivity index (χ3n) is 5.74. The number of amides is 2. The van der Waals surface area contributed by atoms with Crippen LogP contribution in [0.1, 0.15) is 30.4 Å². The van der Waals surface area contributed by atoms with Crippen molar-refractivity contribution < 1.29 is 9.59 Å². The van der Waals surface area contributed by atoms with Crippen molar-refractivity contribution in [2.45, 2.75) is 32.2 Å². The summed E-state index contributed by atoms with van der Waals surface area (Å²) in [6, 6.07) is 18.1. The van der Waals surface area contributed by atoms with Crippen molar-refractivity contribution in [3.05, 3.63) is 71.9 Å². The first-order chi connectivity index (χ1) is 14.2. The smallest absolute Gasteiger partial charge is 0.225 e. The first kappa shape index (κ1) is 19.2. The van der Waals surface area contributed by atoms with Crippen molar-refractivity contribution in [1.29, 1.82) is 0 Å². The summed E-state index contributed by atoms with van der Waals surface area (Å²) in [7, 11) is 0. The molecular formula is C24H27N3O2. The molecule has 0 saturated carbocycles. The predicted octanol–water partition coefficient (Wildman–Crippen LogP) is 3.66. The Labute approximate surface area is 171 Å². The van der Waals surface area contributed by atoms with E-state index in [0.29, 0.717) is 25.9 Å². The molecule has 2 N–H and O–H groups in total. The van der Waals surface area contributed by atoms with Crippen LogP contribution in [0.15, 0.2) is 60.8 Å². The molecule has 0 bridgehead atoms. The summed E-state index contributed by atoms with van der Waals surface area (Å²) in [5.74, 6) is 0.0586. The number of hydrogen-bond acceptors (Lipinski definition) is 2. The summed E-state index contributed by atoms with van der Waals surface area (Å²) >= 11 is 0. The first-order valence-electron chi connectivity index (χ1n) is 10.3. The van der Waals surface area contributed by atoms with Crippen LogP contribution in [0.5, 0.6) is 0 Å². The van der Waals surface area contributed by atoms with E-state index in [1.165, 1.54) is 10.9 Å². The average Bonchev–Trinajstić information content (AvgIpc) is 3.20. The van der Waals surface area contributed by atoms with Crippen LogP contribution in [-0.2, 0) is 22.6 Å². The average molecular weight is 389 g/mol. The molecule has 2 aromatic carbocycles. The third kappa shape index (κ3) is 4.67. The van der Waals surface area contributed by atoms with Crippen molar-refractivity contribution in [3.63, 3.8) is 0 Å². The Balaban J connectivity index is 1.29. The van der Waals surface area contributed by atoms with Gasteiger partial charge in [0.05, 0.1) is 5.92 Å². The SMILES string of the molecule is O=C(NCc1ccccc1)[C@@H]1CCCN(C(=O)CCc2c[nH]c3ccccc23)C1. The Kier molecular flexibility index (Phi) is 5.94. The Morgan fingerprint density at radius 1 is 1.07 bits per heavy atom. The van der Waals surface area contributed by atoms with Gasteiger partial charge in [0.25, 0.3) is 0 Å². The maximum absolute atomic E-state index is 12.8. The zero-order chi connectivity index (χ0) is 20.1. The zero-order valence-corrected chi connectivity index (χ0v) is 16.6. The molecule has 2 heterocycles. The standard InChI is InChI=1S/C24H27N3O2/c28-23(13-12-19-16-25-22-11-5-4-10-21(19)22)27-14-6-9-20(17-27)24(29)26-15-18-7-2-1-3-8-18/h1-5,7-8,10-11,16,20,25H,6,9,12-15,17H2,(H,26,29)/t20-/m1/s1. The number of para-hydroxylation sites is 1. The lowest BCUT2D eigenvalue weighted by Gasteiger charge is -2.32. The van der Waals surface area contributed by atoms with Crippen LogP contribution in [0.3, 0.4) is 0 Å². The molecule has 1 aromatic heterocycles. The van der Waals surface area contributed by atoms with Gasteiger partial charge in [0, 0.05) is 43.2 Å². The number of benzene rings is 2. The number of hydrogen-bond donors (Lipinski definition) is 2. The molecular weight excluding hydrogens is 362 g/mol. The summed E-state index contributed by atoms with van der Waals surface area (Å²) in [6.07, 6.45) is 4.90. The number of rotatable bonds is 6. The highest BCUT2D eigenvalue weighted by Gasteiger charge is 2.28. The topological polar surface area (TPSA) is 65.2 Å². The van der Waals surface area contributed by atoms with Crippen LogP contribution < -0.4 is 5.32 Å². The Bertz CT molecular complexity index is 980. The van der Waals surface area contributed by atoms with Crippen LogP contribution >= 0.6 is 0 Å². The maximum Gasteiger partial charge on any atom is 0.225 e. The molecule has 0 spiro atoms. The molecule has 1 aliphatic rings. The van der Waals surface area contributed by atoms with E-state index in [0.717, 1.165) is 30.5 Å². The van der Waals surface area contributed by atoms with E-state index < -0.39 is 0 Å². The van der Waals surface area contributed by atoms with Crippen molar-refractivity contribution in [2.75, 3.05) is 13.1 Å².